The minimum atomic E-state index is -0.553. The number of nitrogens with one attached hydrogen (secondary N) is 2. The molecule has 2 N–H and O–H groups in total. The standard InChI is InChI=1S/C22H30N2O2/c1-3-18-6-4-5-7-19(18)24-21(26)20(25)23-14(2)22-11-15-8-16(12-22)10-17(9-15)13-22/h4-7,14-17H,3,8-13H2,1-2H3,(H,23,25)(H,24,26). The second kappa shape index (κ2) is 6.71. The summed E-state index contributed by atoms with van der Waals surface area (Å²) in [4.78, 5) is 24.9. The van der Waals surface area contributed by atoms with E-state index < -0.39 is 11.8 Å². The third kappa shape index (κ3) is 3.15. The molecule has 4 aliphatic rings. The zero-order chi connectivity index (χ0) is 18.3. The maximum Gasteiger partial charge on any atom is 0.313 e. The highest BCUT2D eigenvalue weighted by atomic mass is 16.2. The summed E-state index contributed by atoms with van der Waals surface area (Å²) in [6.45, 7) is 4.15. The van der Waals surface area contributed by atoms with E-state index in [2.05, 4.69) is 17.6 Å². The minimum absolute atomic E-state index is 0.0653. The Bertz CT molecular complexity index is 677. The zero-order valence-electron chi connectivity index (χ0n) is 15.9. The first kappa shape index (κ1) is 17.6. The van der Waals surface area contributed by atoms with Crippen molar-refractivity contribution in [3.63, 3.8) is 0 Å². The number of carbonyl (C=O) groups excluding carboxylic acids is 2. The van der Waals surface area contributed by atoms with Crippen LogP contribution in [0.5, 0.6) is 0 Å². The fourth-order valence-electron chi connectivity index (χ4n) is 6.25. The average Bonchev–Trinajstić information content (AvgIpc) is 2.61. The van der Waals surface area contributed by atoms with Crippen molar-refractivity contribution in [1.29, 1.82) is 0 Å². The number of carbonyl (C=O) groups is 2. The second-order valence-electron chi connectivity index (χ2n) is 8.94. The first-order valence-electron chi connectivity index (χ1n) is 10.2. The molecule has 4 nitrogen and oxygen atoms in total. The Labute approximate surface area is 156 Å². The van der Waals surface area contributed by atoms with Crippen molar-refractivity contribution >= 4 is 17.5 Å². The molecule has 5 rings (SSSR count). The average molecular weight is 354 g/mol. The van der Waals surface area contributed by atoms with Crippen LogP contribution in [0.25, 0.3) is 0 Å². The molecule has 0 aliphatic heterocycles. The summed E-state index contributed by atoms with van der Waals surface area (Å²) in [6, 6.07) is 7.72. The number of amides is 2. The molecule has 26 heavy (non-hydrogen) atoms. The maximum absolute atomic E-state index is 12.5. The minimum Gasteiger partial charge on any atom is -0.345 e. The third-order valence-electron chi connectivity index (χ3n) is 7.20. The SMILES string of the molecule is CCc1ccccc1NC(=O)C(=O)NC(C)C12CC3CC(CC(C3)C1)C2. The van der Waals surface area contributed by atoms with E-state index in [-0.39, 0.29) is 11.5 Å². The van der Waals surface area contributed by atoms with Crippen molar-refractivity contribution in [3.8, 4) is 0 Å². The van der Waals surface area contributed by atoms with Crippen molar-refractivity contribution in [2.45, 2.75) is 64.8 Å². The van der Waals surface area contributed by atoms with Crippen LogP contribution < -0.4 is 10.6 Å². The van der Waals surface area contributed by atoms with Gasteiger partial charge in [0.25, 0.3) is 0 Å². The number of hydrogen-bond donors (Lipinski definition) is 2. The lowest BCUT2D eigenvalue weighted by Crippen LogP contribution is -2.57. The first-order chi connectivity index (χ1) is 12.5. The third-order valence-corrected chi connectivity index (χ3v) is 7.20. The quantitative estimate of drug-likeness (QED) is 0.806. The van der Waals surface area contributed by atoms with Gasteiger partial charge in [0.2, 0.25) is 0 Å². The van der Waals surface area contributed by atoms with Crippen LogP contribution in [0.3, 0.4) is 0 Å². The molecular weight excluding hydrogens is 324 g/mol. The Morgan fingerprint density at radius 3 is 2.19 bits per heavy atom. The molecule has 0 aromatic heterocycles. The molecule has 0 saturated heterocycles. The number of para-hydroxylation sites is 1. The van der Waals surface area contributed by atoms with Crippen LogP contribution in [0.2, 0.25) is 0 Å². The zero-order valence-corrected chi connectivity index (χ0v) is 15.9. The Hall–Kier alpha value is -1.84. The van der Waals surface area contributed by atoms with Gasteiger partial charge in [-0.05, 0) is 86.7 Å². The van der Waals surface area contributed by atoms with Gasteiger partial charge in [0, 0.05) is 11.7 Å². The van der Waals surface area contributed by atoms with E-state index in [1.54, 1.807) is 0 Å². The van der Waals surface area contributed by atoms with Crippen LogP contribution in [-0.4, -0.2) is 17.9 Å². The Morgan fingerprint density at radius 1 is 1.04 bits per heavy atom. The van der Waals surface area contributed by atoms with Gasteiger partial charge in [-0.2, -0.15) is 0 Å². The van der Waals surface area contributed by atoms with E-state index in [0.29, 0.717) is 0 Å². The van der Waals surface area contributed by atoms with Gasteiger partial charge in [-0.1, -0.05) is 25.1 Å². The largest absolute Gasteiger partial charge is 0.345 e. The highest BCUT2D eigenvalue weighted by molar-refractivity contribution is 6.39. The lowest BCUT2D eigenvalue weighted by molar-refractivity contribution is -0.138. The van der Waals surface area contributed by atoms with Crippen molar-refractivity contribution in [3.05, 3.63) is 29.8 Å². The van der Waals surface area contributed by atoms with Gasteiger partial charge in [0.1, 0.15) is 0 Å². The number of hydrogen-bond acceptors (Lipinski definition) is 2. The molecule has 1 unspecified atom stereocenters. The number of aryl methyl sites for hydroxylation is 1. The van der Waals surface area contributed by atoms with Crippen molar-refractivity contribution in [2.24, 2.45) is 23.2 Å². The highest BCUT2D eigenvalue weighted by Gasteiger charge is 2.53. The van der Waals surface area contributed by atoms with E-state index in [9.17, 15) is 9.59 Å². The molecule has 0 radical (unpaired) electrons. The topological polar surface area (TPSA) is 58.2 Å². The van der Waals surface area contributed by atoms with Crippen LogP contribution in [0, 0.1) is 23.2 Å². The van der Waals surface area contributed by atoms with Gasteiger partial charge in [-0.3, -0.25) is 9.59 Å². The van der Waals surface area contributed by atoms with E-state index in [1.165, 1.54) is 38.5 Å². The number of benzene rings is 1. The summed E-state index contributed by atoms with van der Waals surface area (Å²) in [5.41, 5.74) is 1.99. The van der Waals surface area contributed by atoms with Gasteiger partial charge >= 0.3 is 11.8 Å². The van der Waals surface area contributed by atoms with E-state index >= 15 is 0 Å². The monoisotopic (exact) mass is 354 g/mol. The maximum atomic E-state index is 12.5. The first-order valence-corrected chi connectivity index (χ1v) is 10.2. The molecule has 4 fully saturated rings. The molecule has 140 valence electrons. The molecule has 2 amide bonds. The Balaban J connectivity index is 1.40. The second-order valence-corrected chi connectivity index (χ2v) is 8.94. The molecule has 0 heterocycles. The van der Waals surface area contributed by atoms with Crippen LogP contribution in [0.4, 0.5) is 5.69 Å². The van der Waals surface area contributed by atoms with Crippen molar-refractivity contribution < 1.29 is 9.59 Å². The molecule has 1 aromatic carbocycles. The summed E-state index contributed by atoms with van der Waals surface area (Å²) in [7, 11) is 0. The molecule has 1 atom stereocenters. The van der Waals surface area contributed by atoms with Crippen LogP contribution in [0.1, 0.15) is 57.9 Å². The fourth-order valence-corrected chi connectivity index (χ4v) is 6.25. The molecule has 4 aliphatic carbocycles. The van der Waals surface area contributed by atoms with E-state index in [1.807, 2.05) is 31.2 Å². The van der Waals surface area contributed by atoms with Crippen molar-refractivity contribution in [2.75, 3.05) is 5.32 Å². The van der Waals surface area contributed by atoms with Gasteiger partial charge < -0.3 is 10.6 Å². The molecular formula is C22H30N2O2. The van der Waals surface area contributed by atoms with Gasteiger partial charge in [-0.25, -0.2) is 0 Å². The summed E-state index contributed by atoms with van der Waals surface area (Å²) in [5.74, 6) is 1.46. The Morgan fingerprint density at radius 2 is 1.62 bits per heavy atom. The number of anilines is 1. The van der Waals surface area contributed by atoms with E-state index in [0.717, 1.165) is 35.4 Å². The normalized spacial score (nSPS) is 32.9. The summed E-state index contributed by atoms with van der Waals surface area (Å²) in [6.07, 6.45) is 8.64. The smallest absolute Gasteiger partial charge is 0.313 e. The van der Waals surface area contributed by atoms with Crippen LogP contribution in [-0.2, 0) is 16.0 Å². The summed E-state index contributed by atoms with van der Waals surface area (Å²) in [5, 5.41) is 5.83. The lowest BCUT2D eigenvalue weighted by atomic mass is 9.48. The van der Waals surface area contributed by atoms with Gasteiger partial charge in [0.15, 0.2) is 0 Å². The summed E-state index contributed by atoms with van der Waals surface area (Å²) >= 11 is 0. The van der Waals surface area contributed by atoms with Gasteiger partial charge in [0.05, 0.1) is 0 Å². The summed E-state index contributed by atoms with van der Waals surface area (Å²) < 4.78 is 0. The fraction of sp³-hybridized carbons (Fsp3) is 0.636. The molecule has 0 spiro atoms. The lowest BCUT2D eigenvalue weighted by Gasteiger charge is -2.59. The van der Waals surface area contributed by atoms with Crippen LogP contribution in [0.15, 0.2) is 24.3 Å². The predicted octanol–water partition coefficient (Wildman–Crippen LogP) is 3.91. The highest BCUT2D eigenvalue weighted by Crippen LogP contribution is 2.61. The molecule has 4 saturated carbocycles. The number of rotatable bonds is 4. The predicted molar refractivity (Wildman–Crippen MR) is 103 cm³/mol. The molecule has 1 aromatic rings. The van der Waals surface area contributed by atoms with Crippen LogP contribution >= 0.6 is 0 Å². The molecule has 4 bridgehead atoms. The Kier molecular flexibility index (Phi) is 4.54. The van der Waals surface area contributed by atoms with Crippen molar-refractivity contribution in [1.82, 2.24) is 5.32 Å². The van der Waals surface area contributed by atoms with Gasteiger partial charge in [-0.15, -0.1) is 0 Å². The van der Waals surface area contributed by atoms with E-state index in [4.69, 9.17) is 0 Å². The molecule has 4 heteroatoms.